The van der Waals surface area contributed by atoms with E-state index in [1.807, 2.05) is 23.1 Å². The van der Waals surface area contributed by atoms with Gasteiger partial charge in [-0.1, -0.05) is 18.2 Å². The fourth-order valence-corrected chi connectivity index (χ4v) is 5.01. The number of H-pyrrole nitrogens is 1. The van der Waals surface area contributed by atoms with Crippen LogP contribution in [-0.4, -0.2) is 112 Å². The summed E-state index contributed by atoms with van der Waals surface area (Å²) in [6.07, 6.45) is 4.55. The summed E-state index contributed by atoms with van der Waals surface area (Å²) < 4.78 is 12.4. The molecular weight excluding hydrogens is 516 g/mol. The van der Waals surface area contributed by atoms with Gasteiger partial charge in [0.05, 0.1) is 43.0 Å². The average molecular weight is 545 g/mol. The number of methoxy groups -OCH3 is 1. The molecule has 206 valence electrons. The fraction of sp³-hybridized carbons (Fsp3) is 0.333. The number of carbonyl (C=O) groups is 3. The van der Waals surface area contributed by atoms with Crippen molar-refractivity contribution in [1.29, 1.82) is 0 Å². The third-order valence-corrected chi connectivity index (χ3v) is 7.18. The molecule has 0 bridgehead atoms. The van der Waals surface area contributed by atoms with Crippen LogP contribution in [0.4, 0.5) is 5.95 Å². The number of nitrogens with one attached hydrogen (secondary N) is 1. The molecule has 2 amide bonds. The Morgan fingerprint density at radius 1 is 0.950 bits per heavy atom. The van der Waals surface area contributed by atoms with Gasteiger partial charge in [0.1, 0.15) is 12.1 Å². The fourth-order valence-electron chi connectivity index (χ4n) is 5.01. The van der Waals surface area contributed by atoms with E-state index in [-0.39, 0.29) is 24.6 Å². The molecule has 6 rings (SSSR count). The van der Waals surface area contributed by atoms with Gasteiger partial charge in [-0.15, -0.1) is 5.10 Å². The minimum Gasteiger partial charge on any atom is -0.494 e. The Kier molecular flexibility index (Phi) is 6.86. The molecule has 2 aliphatic heterocycles. The van der Waals surface area contributed by atoms with Gasteiger partial charge in [-0.2, -0.15) is 9.67 Å². The number of hydrogen-bond donors (Lipinski definition) is 1. The van der Waals surface area contributed by atoms with E-state index >= 15 is 0 Å². The first-order chi connectivity index (χ1) is 19.5. The lowest BCUT2D eigenvalue weighted by Gasteiger charge is -2.34. The molecule has 5 heterocycles. The van der Waals surface area contributed by atoms with Gasteiger partial charge in [0.2, 0.25) is 5.95 Å². The third-order valence-electron chi connectivity index (χ3n) is 7.18. The molecular formula is C27H28N8O5. The summed E-state index contributed by atoms with van der Waals surface area (Å²) >= 11 is 0. The maximum Gasteiger partial charge on any atom is 0.295 e. The first-order valence-corrected chi connectivity index (χ1v) is 13.0. The molecule has 2 fully saturated rings. The van der Waals surface area contributed by atoms with E-state index in [0.717, 1.165) is 0 Å². The first kappa shape index (κ1) is 25.5. The summed E-state index contributed by atoms with van der Waals surface area (Å²) in [5.74, 6) is -0.0757. The zero-order valence-corrected chi connectivity index (χ0v) is 21.9. The summed E-state index contributed by atoms with van der Waals surface area (Å²) in [7, 11) is 1.48. The normalized spacial score (nSPS) is 15.9. The van der Waals surface area contributed by atoms with Gasteiger partial charge in [-0.3, -0.25) is 14.4 Å². The van der Waals surface area contributed by atoms with Crippen molar-refractivity contribution in [3.05, 3.63) is 60.2 Å². The van der Waals surface area contributed by atoms with Gasteiger partial charge in [-0.05, 0) is 12.1 Å². The predicted molar refractivity (Wildman–Crippen MR) is 144 cm³/mol. The van der Waals surface area contributed by atoms with Crippen LogP contribution < -0.4 is 9.64 Å². The largest absolute Gasteiger partial charge is 0.494 e. The molecule has 4 aromatic rings. The quantitative estimate of drug-likeness (QED) is 0.280. The second kappa shape index (κ2) is 10.8. The highest BCUT2D eigenvalue weighted by Crippen LogP contribution is 2.32. The minimum atomic E-state index is -0.669. The molecule has 13 heteroatoms. The van der Waals surface area contributed by atoms with Crippen LogP contribution in [0.1, 0.15) is 20.7 Å². The molecule has 1 aromatic carbocycles. The van der Waals surface area contributed by atoms with Crippen LogP contribution in [-0.2, 0) is 9.53 Å². The first-order valence-electron chi connectivity index (χ1n) is 13.0. The lowest BCUT2D eigenvalue weighted by atomic mass is 10.1. The van der Waals surface area contributed by atoms with Crippen molar-refractivity contribution in [1.82, 2.24) is 34.5 Å². The van der Waals surface area contributed by atoms with E-state index < -0.39 is 11.7 Å². The van der Waals surface area contributed by atoms with Crippen LogP contribution >= 0.6 is 0 Å². The number of morpholine rings is 1. The predicted octanol–water partition coefficient (Wildman–Crippen LogP) is 1.16. The van der Waals surface area contributed by atoms with Gasteiger partial charge in [0, 0.05) is 51.0 Å². The number of amides is 2. The van der Waals surface area contributed by atoms with Crippen LogP contribution in [0.15, 0.2) is 49.1 Å². The number of fused-ring (bicyclic) bond motifs is 1. The monoisotopic (exact) mass is 544 g/mol. The summed E-state index contributed by atoms with van der Waals surface area (Å²) in [5, 5.41) is 5.01. The second-order valence-electron chi connectivity index (χ2n) is 9.47. The van der Waals surface area contributed by atoms with Crippen LogP contribution in [0.3, 0.4) is 0 Å². The molecule has 1 N–H and O–H groups in total. The number of carbonyl (C=O) groups excluding carboxylic acids is 3. The lowest BCUT2D eigenvalue weighted by molar-refractivity contribution is -0.127. The third kappa shape index (κ3) is 4.64. The second-order valence-corrected chi connectivity index (χ2v) is 9.47. The highest BCUT2D eigenvalue weighted by atomic mass is 16.5. The summed E-state index contributed by atoms with van der Waals surface area (Å²) in [4.78, 5) is 56.7. The maximum absolute atomic E-state index is 13.5. The van der Waals surface area contributed by atoms with Crippen LogP contribution in [0.25, 0.3) is 16.7 Å². The Hall–Kier alpha value is -4.78. The number of rotatable bonds is 6. The van der Waals surface area contributed by atoms with Crippen molar-refractivity contribution in [2.24, 2.45) is 0 Å². The number of benzene rings is 1. The summed E-state index contributed by atoms with van der Waals surface area (Å²) in [6, 6.07) is 9.01. The SMILES string of the molecule is COc1cnc(-n2cnc(N3CCOCC3)n2)c2[nH]cc(C(=O)C(=O)N3CCN(C(=O)c4ccccc4)CC3)c12. The molecule has 13 nitrogen and oxygen atoms in total. The summed E-state index contributed by atoms with van der Waals surface area (Å²) in [5.41, 5.74) is 1.27. The highest BCUT2D eigenvalue weighted by Gasteiger charge is 2.31. The number of piperazine rings is 1. The highest BCUT2D eigenvalue weighted by molar-refractivity contribution is 6.45. The Labute approximate surface area is 229 Å². The smallest absolute Gasteiger partial charge is 0.295 e. The topological polar surface area (TPSA) is 139 Å². The van der Waals surface area contributed by atoms with Crippen molar-refractivity contribution >= 4 is 34.4 Å². The van der Waals surface area contributed by atoms with Gasteiger partial charge in [0.15, 0.2) is 5.82 Å². The molecule has 0 spiro atoms. The molecule has 2 aliphatic rings. The summed E-state index contributed by atoms with van der Waals surface area (Å²) in [6.45, 7) is 3.80. The van der Waals surface area contributed by atoms with E-state index in [2.05, 4.69) is 20.1 Å². The number of hydrogen-bond acceptors (Lipinski definition) is 9. The van der Waals surface area contributed by atoms with E-state index in [9.17, 15) is 14.4 Å². The number of aromatic nitrogens is 5. The zero-order chi connectivity index (χ0) is 27.6. The number of nitrogens with zero attached hydrogens (tertiary/aromatic N) is 7. The Balaban J connectivity index is 1.22. The Bertz CT molecular complexity index is 1550. The van der Waals surface area contributed by atoms with E-state index in [0.29, 0.717) is 73.4 Å². The minimum absolute atomic E-state index is 0.0923. The number of aromatic amines is 1. The Morgan fingerprint density at radius 3 is 2.40 bits per heavy atom. The molecule has 0 unspecified atom stereocenters. The van der Waals surface area contributed by atoms with E-state index in [4.69, 9.17) is 9.47 Å². The Morgan fingerprint density at radius 2 is 1.68 bits per heavy atom. The van der Waals surface area contributed by atoms with Crippen molar-refractivity contribution < 1.29 is 23.9 Å². The van der Waals surface area contributed by atoms with Crippen molar-refractivity contribution in [2.75, 3.05) is 64.5 Å². The molecule has 2 saturated heterocycles. The molecule has 0 saturated carbocycles. The van der Waals surface area contributed by atoms with Crippen molar-refractivity contribution in [3.63, 3.8) is 0 Å². The molecule has 3 aromatic heterocycles. The number of Topliss-reactive ketones (excluding diaryl/α,β-unsaturated/α-hetero) is 1. The van der Waals surface area contributed by atoms with Crippen molar-refractivity contribution in [2.45, 2.75) is 0 Å². The molecule has 0 radical (unpaired) electrons. The lowest BCUT2D eigenvalue weighted by Crippen LogP contribution is -2.52. The average Bonchev–Trinajstić information content (AvgIpc) is 3.69. The van der Waals surface area contributed by atoms with Crippen LogP contribution in [0, 0.1) is 0 Å². The maximum atomic E-state index is 13.5. The zero-order valence-electron chi connectivity index (χ0n) is 21.9. The molecule has 0 atom stereocenters. The van der Waals surface area contributed by atoms with Gasteiger partial charge in [-0.25, -0.2) is 4.98 Å². The van der Waals surface area contributed by atoms with Gasteiger partial charge < -0.3 is 29.2 Å². The number of pyridine rings is 1. The molecule has 0 aliphatic carbocycles. The van der Waals surface area contributed by atoms with E-state index in [1.54, 1.807) is 23.4 Å². The van der Waals surface area contributed by atoms with Crippen LogP contribution in [0.5, 0.6) is 5.75 Å². The standard InChI is InChI=1S/C27H28N8O5/c1-39-20-16-29-24(35-17-30-27(31-35)34-11-13-40-14-12-34)22-21(20)19(15-28-22)23(36)26(38)33-9-7-32(8-10-33)25(37)18-5-3-2-4-6-18/h2-6,15-17,28H,7-14H2,1H3. The molecule has 40 heavy (non-hydrogen) atoms. The van der Waals surface area contributed by atoms with Gasteiger partial charge >= 0.3 is 0 Å². The van der Waals surface area contributed by atoms with Crippen molar-refractivity contribution in [3.8, 4) is 11.6 Å². The van der Waals surface area contributed by atoms with Crippen LogP contribution in [0.2, 0.25) is 0 Å². The number of ketones is 1. The van der Waals surface area contributed by atoms with E-state index in [1.165, 1.54) is 29.1 Å². The number of anilines is 1. The van der Waals surface area contributed by atoms with Gasteiger partial charge in [0.25, 0.3) is 17.6 Å². The number of ether oxygens (including phenoxy) is 2.